The highest BCUT2D eigenvalue weighted by atomic mass is 15.0. The van der Waals surface area contributed by atoms with Crippen LogP contribution in [0.5, 0.6) is 0 Å². The Morgan fingerprint density at radius 2 is 0.270 bits per heavy atom. The average Bonchev–Trinajstić information content (AvgIpc) is 0.670. The molecule has 0 aromatic heterocycles. The molecule has 0 radical (unpaired) electrons. The van der Waals surface area contributed by atoms with Crippen molar-refractivity contribution in [2.45, 2.75) is 0 Å². The summed E-state index contributed by atoms with van der Waals surface area (Å²) in [6.45, 7) is 5.53. The summed E-state index contributed by atoms with van der Waals surface area (Å²) < 4.78 is 0. The highest BCUT2D eigenvalue weighted by Gasteiger charge is 2.36. The smallest absolute Gasteiger partial charge is 0.163 e. The van der Waals surface area contributed by atoms with Gasteiger partial charge in [0.25, 0.3) is 0 Å². The molecule has 3 heteroatoms. The Bertz CT molecular complexity index is 6200. The van der Waals surface area contributed by atoms with Gasteiger partial charge in [-0.15, -0.1) is 0 Å². The van der Waals surface area contributed by atoms with Crippen molar-refractivity contribution >= 4 is 17.4 Å². The number of rotatable bonds is 19. The van der Waals surface area contributed by atoms with Gasteiger partial charge < -0.3 is 5.73 Å². The summed E-state index contributed by atoms with van der Waals surface area (Å²) in [5, 5.41) is 0. The third-order valence-electron chi connectivity index (χ3n) is 21.7. The zero-order valence-electron chi connectivity index (χ0n) is 63.5. The van der Waals surface area contributed by atoms with E-state index in [9.17, 15) is 0 Å². The van der Waals surface area contributed by atoms with Crippen molar-refractivity contribution in [2.24, 2.45) is 15.7 Å². The summed E-state index contributed by atoms with van der Waals surface area (Å²) in [5.74, 6) is 0.557. The van der Waals surface area contributed by atoms with Crippen LogP contribution in [0.1, 0.15) is 16.7 Å². The first kappa shape index (κ1) is 71.4. The zero-order valence-corrected chi connectivity index (χ0v) is 63.5. The number of amidine groups is 2. The maximum absolute atomic E-state index is 8.87. The van der Waals surface area contributed by atoms with Crippen molar-refractivity contribution in [1.82, 2.24) is 0 Å². The number of nitrogens with zero attached hydrogens (tertiary/aromatic N) is 2. The van der Waals surface area contributed by atoms with Crippen LogP contribution in [0, 0.1) is 0 Å². The van der Waals surface area contributed by atoms with Gasteiger partial charge in [0.2, 0.25) is 0 Å². The number of aliphatic imine (C=N–C) groups is 2. The van der Waals surface area contributed by atoms with Gasteiger partial charge in [0.15, 0.2) is 5.84 Å². The predicted octanol–water partition coefficient (Wildman–Crippen LogP) is 29.5. The second kappa shape index (κ2) is 32.8. The molecular formula is C112H79N3. The lowest BCUT2D eigenvalue weighted by atomic mass is 9.74. The molecule has 0 heterocycles. The minimum atomic E-state index is 0.229. The summed E-state index contributed by atoms with van der Waals surface area (Å²) in [4.78, 5) is 13.0. The Morgan fingerprint density at radius 3 is 0.426 bits per heavy atom. The maximum atomic E-state index is 8.87. The average molecular weight is 1470 g/mol. The molecule has 0 aliphatic carbocycles. The molecule has 0 aliphatic heterocycles. The Balaban J connectivity index is 1.12. The molecule has 3 nitrogen and oxygen atoms in total. The molecule has 18 aromatic carbocycles. The minimum absolute atomic E-state index is 0.229. The highest BCUT2D eigenvalue weighted by molar-refractivity contribution is 6.28. The topological polar surface area (TPSA) is 50.7 Å². The van der Waals surface area contributed by atoms with Crippen molar-refractivity contribution in [3.8, 4) is 167 Å². The van der Waals surface area contributed by atoms with Gasteiger partial charge in [-0.3, -0.25) is 0 Å². The van der Waals surface area contributed by atoms with E-state index in [1.807, 2.05) is 0 Å². The van der Waals surface area contributed by atoms with E-state index in [2.05, 4.69) is 455 Å². The van der Waals surface area contributed by atoms with Crippen molar-refractivity contribution in [3.63, 3.8) is 0 Å². The lowest BCUT2D eigenvalue weighted by molar-refractivity contribution is 1.41. The highest BCUT2D eigenvalue weighted by Crippen LogP contribution is 2.59. The van der Waals surface area contributed by atoms with Crippen molar-refractivity contribution in [2.75, 3.05) is 0 Å². The fraction of sp³-hybridized carbons (Fsp3) is 0. The van der Waals surface area contributed by atoms with E-state index in [1.165, 1.54) is 0 Å². The Hall–Kier alpha value is -15.2. The van der Waals surface area contributed by atoms with Crippen LogP contribution in [0.3, 0.4) is 0 Å². The van der Waals surface area contributed by atoms with Gasteiger partial charge in [0, 0.05) is 50.1 Å². The van der Waals surface area contributed by atoms with Gasteiger partial charge in [0.05, 0.1) is 5.70 Å². The van der Waals surface area contributed by atoms with Gasteiger partial charge in [-0.25, -0.2) is 9.98 Å². The first-order valence-corrected chi connectivity index (χ1v) is 39.2. The van der Waals surface area contributed by atoms with E-state index in [1.54, 1.807) is 0 Å². The van der Waals surface area contributed by atoms with Crippen LogP contribution in [0.4, 0.5) is 0 Å². The molecule has 0 spiro atoms. The van der Waals surface area contributed by atoms with E-state index in [4.69, 9.17) is 22.3 Å². The van der Waals surface area contributed by atoms with Gasteiger partial charge in [0.1, 0.15) is 5.84 Å². The molecule has 0 atom stereocenters. The standard InChI is InChI=1S/C112H79N3/c1-77(93-94(78-47-17-2-18-48-78)96(80-51-21-4-22-52-80)98(82-55-25-6-26-56-82)97(81-53-23-5-24-54-81)95(93)79-49-19-3-20-50-79)114-112(110-107(91-73-43-15-44-74-91)103(87-65-35-11-36-66-87)100(84-59-29-8-30-60-84)104(88-67-37-12-38-68-88)108(110)92-75-45-16-46-76-92)115-111(113)109-105(89-69-39-13-40-70-89)101(85-61-31-9-32-62-85)99(83-57-27-7-28-58-83)102(86-63-33-10-34-64-86)106(109)90-71-41-14-42-72-90/h2-76H,1H2,(H2,113,114,115). The summed E-state index contributed by atoms with van der Waals surface area (Å²) in [5.41, 5.74) is 41.2. The molecule has 0 amide bonds. The van der Waals surface area contributed by atoms with Crippen LogP contribution in [0.25, 0.3) is 173 Å². The summed E-state index contributed by atoms with van der Waals surface area (Å²) >= 11 is 0. The van der Waals surface area contributed by atoms with Crippen LogP contribution < -0.4 is 5.73 Å². The Morgan fingerprint density at radius 1 is 0.148 bits per heavy atom. The molecular weight excluding hydrogens is 1390 g/mol. The van der Waals surface area contributed by atoms with Crippen molar-refractivity contribution in [1.29, 1.82) is 0 Å². The third-order valence-corrected chi connectivity index (χ3v) is 21.7. The van der Waals surface area contributed by atoms with Gasteiger partial charge in [-0.1, -0.05) is 462 Å². The number of hydrogen-bond donors (Lipinski definition) is 1. The first-order chi connectivity index (χ1) is 57.0. The second-order valence-corrected chi connectivity index (χ2v) is 28.6. The van der Waals surface area contributed by atoms with Gasteiger partial charge in [-0.05, 0) is 134 Å². The predicted molar refractivity (Wildman–Crippen MR) is 487 cm³/mol. The van der Waals surface area contributed by atoms with E-state index in [0.29, 0.717) is 11.5 Å². The molecule has 0 saturated carbocycles. The number of nitrogens with two attached hydrogens (primary N) is 1. The van der Waals surface area contributed by atoms with Crippen molar-refractivity contribution < 1.29 is 0 Å². The van der Waals surface area contributed by atoms with Crippen molar-refractivity contribution in [3.05, 3.63) is 478 Å². The van der Waals surface area contributed by atoms with Crippen LogP contribution in [-0.4, -0.2) is 11.7 Å². The van der Waals surface area contributed by atoms with Crippen LogP contribution >= 0.6 is 0 Å². The summed E-state index contributed by atoms with van der Waals surface area (Å²) in [7, 11) is 0. The molecule has 115 heavy (non-hydrogen) atoms. The lowest BCUT2D eigenvalue weighted by Crippen LogP contribution is -2.21. The van der Waals surface area contributed by atoms with E-state index in [-0.39, 0.29) is 5.84 Å². The number of benzene rings is 18. The molecule has 0 unspecified atom stereocenters. The summed E-state index contributed by atoms with van der Waals surface area (Å²) in [6, 6.07) is 163. The lowest BCUT2D eigenvalue weighted by Gasteiger charge is -2.30. The molecule has 18 rings (SSSR count). The van der Waals surface area contributed by atoms with E-state index < -0.39 is 0 Å². The van der Waals surface area contributed by atoms with Gasteiger partial charge >= 0.3 is 0 Å². The van der Waals surface area contributed by atoms with Crippen LogP contribution in [-0.2, 0) is 0 Å². The Labute approximate surface area is 673 Å². The first-order valence-electron chi connectivity index (χ1n) is 39.2. The van der Waals surface area contributed by atoms with Crippen LogP contribution in [0.15, 0.2) is 472 Å². The fourth-order valence-electron chi connectivity index (χ4n) is 16.9. The van der Waals surface area contributed by atoms with Crippen LogP contribution in [0.2, 0.25) is 0 Å². The maximum Gasteiger partial charge on any atom is 0.163 e. The monoisotopic (exact) mass is 1470 g/mol. The minimum Gasteiger partial charge on any atom is -0.383 e. The zero-order chi connectivity index (χ0) is 77.2. The molecule has 18 aromatic rings. The Kier molecular flexibility index (Phi) is 20.4. The molecule has 0 bridgehead atoms. The third kappa shape index (κ3) is 14.1. The summed E-state index contributed by atoms with van der Waals surface area (Å²) in [6.07, 6.45) is 0. The largest absolute Gasteiger partial charge is 0.383 e. The SMILES string of the molecule is C=C(N=C(N=C(N)c1c(-c2ccccc2)c(-c2ccccc2)c(-c2ccccc2)c(-c2ccccc2)c1-c1ccccc1)c1c(-c2ccccc2)c(-c2ccccc2)c(-c2ccccc2)c(-c2ccccc2)c1-c1ccccc1)c1c(-c2ccccc2)c(-c2ccccc2)c(-c2ccccc2)c(-c2ccccc2)c1-c1ccccc1. The second-order valence-electron chi connectivity index (χ2n) is 28.6. The molecule has 0 aliphatic rings. The normalized spacial score (nSPS) is 11.5. The van der Waals surface area contributed by atoms with E-state index in [0.717, 1.165) is 184 Å². The van der Waals surface area contributed by atoms with Gasteiger partial charge in [-0.2, -0.15) is 0 Å². The molecule has 2 N–H and O–H groups in total. The quantitative estimate of drug-likeness (QED) is 0.0637. The molecule has 0 fully saturated rings. The van der Waals surface area contributed by atoms with E-state index >= 15 is 0 Å². The molecule has 542 valence electrons. The fourth-order valence-corrected chi connectivity index (χ4v) is 16.9. The molecule has 0 saturated heterocycles. The number of hydrogen-bond acceptors (Lipinski definition) is 1.